The lowest BCUT2D eigenvalue weighted by Crippen LogP contribution is -2.28. The van der Waals surface area contributed by atoms with E-state index in [0.717, 1.165) is 19.4 Å². The first-order chi connectivity index (χ1) is 6.02. The predicted molar refractivity (Wildman–Crippen MR) is 56.5 cm³/mol. The molecule has 0 spiro atoms. The van der Waals surface area contributed by atoms with E-state index in [1.807, 2.05) is 19.9 Å². The lowest BCUT2D eigenvalue weighted by atomic mass is 9.89. The van der Waals surface area contributed by atoms with E-state index < -0.39 is 0 Å². The summed E-state index contributed by atoms with van der Waals surface area (Å²) in [6, 6.07) is 0. The molecule has 0 unspecified atom stereocenters. The Balaban J connectivity index is 3.68. The molecule has 1 amide bonds. The van der Waals surface area contributed by atoms with E-state index in [-0.39, 0.29) is 11.3 Å². The maximum Gasteiger partial charge on any atom is 0.220 e. The summed E-state index contributed by atoms with van der Waals surface area (Å²) in [5.74, 6) is 0.123. The van der Waals surface area contributed by atoms with Crippen LogP contribution >= 0.6 is 0 Å². The average Bonchev–Trinajstić information content (AvgIpc) is 2.04. The molecule has 2 nitrogen and oxygen atoms in total. The summed E-state index contributed by atoms with van der Waals surface area (Å²) in [5, 5.41) is 2.89. The molecule has 0 fully saturated rings. The van der Waals surface area contributed by atoms with Crippen molar-refractivity contribution in [3.8, 4) is 0 Å². The van der Waals surface area contributed by atoms with E-state index in [4.69, 9.17) is 0 Å². The molecule has 0 aromatic heterocycles. The van der Waals surface area contributed by atoms with Crippen LogP contribution in [0.4, 0.5) is 0 Å². The minimum Gasteiger partial charge on any atom is -0.356 e. The fourth-order valence-corrected chi connectivity index (χ4v) is 0.953. The normalized spacial score (nSPS) is 11.0. The molecule has 0 saturated carbocycles. The summed E-state index contributed by atoms with van der Waals surface area (Å²) < 4.78 is 0. The maximum atomic E-state index is 11.3. The Morgan fingerprint density at radius 2 is 2.15 bits per heavy atom. The van der Waals surface area contributed by atoms with Crippen LogP contribution in [0.3, 0.4) is 0 Å². The fourth-order valence-electron chi connectivity index (χ4n) is 0.953. The number of unbranched alkanes of at least 4 members (excludes halogenated alkanes) is 1. The zero-order chi connectivity index (χ0) is 10.3. The van der Waals surface area contributed by atoms with Crippen molar-refractivity contribution >= 4 is 5.91 Å². The summed E-state index contributed by atoms with van der Waals surface area (Å²) in [5.41, 5.74) is -0.0870. The highest BCUT2D eigenvalue weighted by Gasteiger charge is 2.17. The van der Waals surface area contributed by atoms with Crippen molar-refractivity contribution in [1.29, 1.82) is 0 Å². The number of hydrogen-bond donors (Lipinski definition) is 1. The van der Waals surface area contributed by atoms with Gasteiger partial charge in [0.2, 0.25) is 5.91 Å². The number of hydrogen-bond acceptors (Lipinski definition) is 1. The highest BCUT2D eigenvalue weighted by atomic mass is 16.1. The standard InChI is InChI=1S/C11H21NO/c1-5-7-8-12-10(13)9-11(3,4)6-2/h6H,2,5,7-9H2,1,3-4H3,(H,12,13). The zero-order valence-electron chi connectivity index (χ0n) is 9.02. The summed E-state index contributed by atoms with van der Waals surface area (Å²) >= 11 is 0. The van der Waals surface area contributed by atoms with Crippen LogP contribution in [0.5, 0.6) is 0 Å². The van der Waals surface area contributed by atoms with Crippen molar-refractivity contribution in [1.82, 2.24) is 5.32 Å². The highest BCUT2D eigenvalue weighted by Crippen LogP contribution is 2.20. The van der Waals surface area contributed by atoms with Crippen molar-refractivity contribution in [2.24, 2.45) is 5.41 Å². The van der Waals surface area contributed by atoms with Gasteiger partial charge in [-0.25, -0.2) is 0 Å². The van der Waals surface area contributed by atoms with E-state index in [1.165, 1.54) is 0 Å². The minimum absolute atomic E-state index is 0.0870. The third kappa shape index (κ3) is 6.38. The van der Waals surface area contributed by atoms with E-state index in [2.05, 4.69) is 18.8 Å². The second kappa shape index (κ2) is 5.79. The molecule has 0 saturated heterocycles. The summed E-state index contributed by atoms with van der Waals surface area (Å²) in [4.78, 5) is 11.3. The predicted octanol–water partition coefficient (Wildman–Crippen LogP) is 2.51. The minimum atomic E-state index is -0.0870. The Kier molecular flexibility index (Phi) is 5.44. The average molecular weight is 183 g/mol. The molecule has 0 aliphatic rings. The lowest BCUT2D eigenvalue weighted by molar-refractivity contribution is -0.122. The molecule has 0 aromatic rings. The van der Waals surface area contributed by atoms with E-state index in [9.17, 15) is 4.79 Å². The number of nitrogens with one attached hydrogen (secondary N) is 1. The number of carbonyl (C=O) groups excluding carboxylic acids is 1. The molecular formula is C11H21NO. The summed E-state index contributed by atoms with van der Waals surface area (Å²) in [6.07, 6.45) is 4.53. The number of carbonyl (C=O) groups is 1. The fraction of sp³-hybridized carbons (Fsp3) is 0.727. The van der Waals surface area contributed by atoms with Crippen molar-refractivity contribution in [3.05, 3.63) is 12.7 Å². The first-order valence-corrected chi connectivity index (χ1v) is 4.92. The van der Waals surface area contributed by atoms with Crippen LogP contribution < -0.4 is 5.32 Å². The molecule has 13 heavy (non-hydrogen) atoms. The molecule has 0 rings (SSSR count). The monoisotopic (exact) mass is 183 g/mol. The number of amides is 1. The van der Waals surface area contributed by atoms with Crippen LogP contribution in [-0.2, 0) is 4.79 Å². The van der Waals surface area contributed by atoms with Gasteiger partial charge >= 0.3 is 0 Å². The molecule has 0 heterocycles. The first-order valence-electron chi connectivity index (χ1n) is 4.92. The van der Waals surface area contributed by atoms with Gasteiger partial charge in [0, 0.05) is 13.0 Å². The third-order valence-corrected chi connectivity index (χ3v) is 2.02. The largest absolute Gasteiger partial charge is 0.356 e. The van der Waals surface area contributed by atoms with Crippen molar-refractivity contribution < 1.29 is 4.79 Å². The Labute approximate surface area is 81.4 Å². The third-order valence-electron chi connectivity index (χ3n) is 2.02. The van der Waals surface area contributed by atoms with Crippen LogP contribution in [0, 0.1) is 5.41 Å². The number of allylic oxidation sites excluding steroid dienone is 1. The van der Waals surface area contributed by atoms with Crippen LogP contribution in [0.2, 0.25) is 0 Å². The molecule has 2 heteroatoms. The molecule has 0 aromatic carbocycles. The van der Waals surface area contributed by atoms with Gasteiger partial charge in [-0.15, -0.1) is 6.58 Å². The van der Waals surface area contributed by atoms with Gasteiger partial charge in [0.05, 0.1) is 0 Å². The van der Waals surface area contributed by atoms with Gasteiger partial charge in [-0.3, -0.25) is 4.79 Å². The van der Waals surface area contributed by atoms with E-state index in [0.29, 0.717) is 6.42 Å². The topological polar surface area (TPSA) is 29.1 Å². The second-order valence-corrected chi connectivity index (χ2v) is 4.07. The Bertz CT molecular complexity index is 173. The van der Waals surface area contributed by atoms with E-state index >= 15 is 0 Å². The Morgan fingerprint density at radius 3 is 2.62 bits per heavy atom. The molecule has 0 atom stereocenters. The van der Waals surface area contributed by atoms with Gasteiger partial charge in [-0.1, -0.05) is 33.3 Å². The smallest absolute Gasteiger partial charge is 0.220 e. The van der Waals surface area contributed by atoms with Crippen molar-refractivity contribution in [2.75, 3.05) is 6.54 Å². The molecular weight excluding hydrogens is 162 g/mol. The van der Waals surface area contributed by atoms with Crippen molar-refractivity contribution in [3.63, 3.8) is 0 Å². The molecule has 0 radical (unpaired) electrons. The van der Waals surface area contributed by atoms with Crippen LogP contribution in [0.25, 0.3) is 0 Å². The van der Waals surface area contributed by atoms with Gasteiger partial charge in [0.1, 0.15) is 0 Å². The SMILES string of the molecule is C=CC(C)(C)CC(=O)NCCCC. The maximum absolute atomic E-state index is 11.3. The van der Waals surface area contributed by atoms with Crippen LogP contribution in [-0.4, -0.2) is 12.5 Å². The quantitative estimate of drug-likeness (QED) is 0.497. The van der Waals surface area contributed by atoms with E-state index in [1.54, 1.807) is 0 Å². The zero-order valence-corrected chi connectivity index (χ0v) is 9.02. The molecule has 0 aliphatic heterocycles. The van der Waals surface area contributed by atoms with Gasteiger partial charge in [0.15, 0.2) is 0 Å². The number of rotatable bonds is 6. The molecule has 76 valence electrons. The first kappa shape index (κ1) is 12.2. The Hall–Kier alpha value is -0.790. The van der Waals surface area contributed by atoms with Gasteiger partial charge < -0.3 is 5.32 Å². The molecule has 1 N–H and O–H groups in total. The molecule has 0 aliphatic carbocycles. The second-order valence-electron chi connectivity index (χ2n) is 4.07. The van der Waals surface area contributed by atoms with Gasteiger partial charge in [-0.2, -0.15) is 0 Å². The van der Waals surface area contributed by atoms with Crippen LogP contribution in [0.15, 0.2) is 12.7 Å². The van der Waals surface area contributed by atoms with Gasteiger partial charge in [0.25, 0.3) is 0 Å². The Morgan fingerprint density at radius 1 is 1.54 bits per heavy atom. The van der Waals surface area contributed by atoms with Crippen LogP contribution in [0.1, 0.15) is 40.0 Å². The highest BCUT2D eigenvalue weighted by molar-refractivity contribution is 5.76. The lowest BCUT2D eigenvalue weighted by Gasteiger charge is -2.18. The summed E-state index contributed by atoms with van der Waals surface area (Å²) in [7, 11) is 0. The van der Waals surface area contributed by atoms with Gasteiger partial charge in [-0.05, 0) is 11.8 Å². The molecule has 0 bridgehead atoms. The summed E-state index contributed by atoms with van der Waals surface area (Å²) in [6.45, 7) is 10.6. The van der Waals surface area contributed by atoms with Crippen molar-refractivity contribution in [2.45, 2.75) is 40.0 Å².